The summed E-state index contributed by atoms with van der Waals surface area (Å²) < 4.78 is 0. The largest absolute Gasteiger partial charge is 0.508 e. The van der Waals surface area contributed by atoms with E-state index in [2.05, 4.69) is 0 Å². The highest BCUT2D eigenvalue weighted by molar-refractivity contribution is 6.03. The lowest BCUT2D eigenvalue weighted by atomic mass is 9.96. The van der Waals surface area contributed by atoms with Gasteiger partial charge in [-0.1, -0.05) is 6.07 Å². The van der Waals surface area contributed by atoms with Crippen LogP contribution in [0.25, 0.3) is 11.1 Å². The van der Waals surface area contributed by atoms with Gasteiger partial charge in [-0.15, -0.1) is 0 Å². The molecule has 4 heteroatoms. The maximum atomic E-state index is 12.8. The van der Waals surface area contributed by atoms with Crippen LogP contribution in [-0.2, 0) is 6.54 Å². The van der Waals surface area contributed by atoms with Gasteiger partial charge in [0.2, 0.25) is 0 Å². The molecule has 0 radical (unpaired) electrons. The third-order valence-corrected chi connectivity index (χ3v) is 4.20. The second-order valence-corrected chi connectivity index (χ2v) is 5.74. The summed E-state index contributed by atoms with van der Waals surface area (Å²) in [5, 5.41) is 19.5. The SMILES string of the molecule is O=C1c2cc(O)ccc2-c2ccc(O)cc2CN1C1CC1. The summed E-state index contributed by atoms with van der Waals surface area (Å²) >= 11 is 0. The first-order valence-corrected chi connectivity index (χ1v) is 7.10. The molecule has 1 heterocycles. The van der Waals surface area contributed by atoms with Crippen molar-refractivity contribution in [3.8, 4) is 22.6 Å². The van der Waals surface area contributed by atoms with E-state index in [1.807, 2.05) is 11.0 Å². The van der Waals surface area contributed by atoms with E-state index >= 15 is 0 Å². The molecule has 21 heavy (non-hydrogen) atoms. The molecule has 4 nitrogen and oxygen atoms in total. The minimum Gasteiger partial charge on any atom is -0.508 e. The Hall–Kier alpha value is -2.49. The van der Waals surface area contributed by atoms with Crippen molar-refractivity contribution in [2.75, 3.05) is 0 Å². The number of aromatic hydroxyl groups is 2. The summed E-state index contributed by atoms with van der Waals surface area (Å²) in [7, 11) is 0. The van der Waals surface area contributed by atoms with Crippen LogP contribution in [0.1, 0.15) is 28.8 Å². The summed E-state index contributed by atoms with van der Waals surface area (Å²) in [5.41, 5.74) is 3.24. The molecule has 1 aliphatic heterocycles. The number of carbonyl (C=O) groups is 1. The first-order chi connectivity index (χ1) is 10.1. The van der Waals surface area contributed by atoms with Crippen molar-refractivity contribution >= 4 is 5.91 Å². The number of hydrogen-bond acceptors (Lipinski definition) is 3. The van der Waals surface area contributed by atoms with E-state index < -0.39 is 0 Å². The van der Waals surface area contributed by atoms with Gasteiger partial charge in [0.1, 0.15) is 11.5 Å². The molecule has 1 saturated carbocycles. The van der Waals surface area contributed by atoms with Crippen molar-refractivity contribution in [2.45, 2.75) is 25.4 Å². The van der Waals surface area contributed by atoms with Crippen molar-refractivity contribution in [1.82, 2.24) is 4.90 Å². The highest BCUT2D eigenvalue weighted by atomic mass is 16.3. The highest BCUT2D eigenvalue weighted by Gasteiger charge is 2.36. The van der Waals surface area contributed by atoms with Crippen molar-refractivity contribution in [1.29, 1.82) is 0 Å². The summed E-state index contributed by atoms with van der Waals surface area (Å²) in [6, 6.07) is 10.4. The van der Waals surface area contributed by atoms with Crippen molar-refractivity contribution in [3.63, 3.8) is 0 Å². The molecule has 4 rings (SSSR count). The van der Waals surface area contributed by atoms with E-state index in [4.69, 9.17) is 0 Å². The van der Waals surface area contributed by atoms with Gasteiger partial charge in [0.05, 0.1) is 5.56 Å². The number of rotatable bonds is 1. The van der Waals surface area contributed by atoms with E-state index in [1.54, 1.807) is 24.3 Å². The number of fused-ring (bicyclic) bond motifs is 3. The van der Waals surface area contributed by atoms with E-state index in [9.17, 15) is 15.0 Å². The molecule has 106 valence electrons. The monoisotopic (exact) mass is 281 g/mol. The average Bonchev–Trinajstić information content (AvgIpc) is 3.29. The fourth-order valence-electron chi connectivity index (χ4n) is 3.01. The zero-order valence-corrected chi connectivity index (χ0v) is 11.4. The topological polar surface area (TPSA) is 60.8 Å². The molecule has 2 aromatic carbocycles. The molecular formula is C17H15NO3. The van der Waals surface area contributed by atoms with Crippen LogP contribution in [-0.4, -0.2) is 27.1 Å². The molecule has 0 bridgehead atoms. The van der Waals surface area contributed by atoms with Crippen LogP contribution in [0.4, 0.5) is 0 Å². The number of hydrogen-bond donors (Lipinski definition) is 2. The van der Waals surface area contributed by atoms with E-state index in [0.717, 1.165) is 29.5 Å². The summed E-state index contributed by atoms with van der Waals surface area (Å²) in [6.45, 7) is 0.503. The second kappa shape index (κ2) is 4.25. The number of carbonyl (C=O) groups excluding carboxylic acids is 1. The minimum absolute atomic E-state index is 0.0425. The summed E-state index contributed by atoms with van der Waals surface area (Å²) in [6.07, 6.45) is 2.04. The fraction of sp³-hybridized carbons (Fsp3) is 0.235. The smallest absolute Gasteiger partial charge is 0.255 e. The maximum Gasteiger partial charge on any atom is 0.255 e. The first-order valence-electron chi connectivity index (χ1n) is 7.10. The quantitative estimate of drug-likeness (QED) is 0.845. The van der Waals surface area contributed by atoms with Gasteiger partial charge in [-0.3, -0.25) is 4.79 Å². The number of benzene rings is 2. The predicted octanol–water partition coefficient (Wildman–Crippen LogP) is 2.88. The fourth-order valence-corrected chi connectivity index (χ4v) is 3.01. The van der Waals surface area contributed by atoms with Crippen LogP contribution in [0.15, 0.2) is 36.4 Å². The Kier molecular flexibility index (Phi) is 2.48. The van der Waals surface area contributed by atoms with Gasteiger partial charge in [-0.25, -0.2) is 0 Å². The number of phenolic OH excluding ortho intramolecular Hbond substituents is 2. The molecule has 2 N–H and O–H groups in total. The third kappa shape index (κ3) is 1.95. The normalized spacial score (nSPS) is 17.1. The Morgan fingerprint density at radius 3 is 2.29 bits per heavy atom. The maximum absolute atomic E-state index is 12.8. The third-order valence-electron chi connectivity index (χ3n) is 4.20. The number of nitrogens with zero attached hydrogens (tertiary/aromatic N) is 1. The number of amides is 1. The Morgan fingerprint density at radius 1 is 0.905 bits per heavy atom. The van der Waals surface area contributed by atoms with Gasteiger partial charge in [-0.05, 0) is 59.9 Å². The van der Waals surface area contributed by atoms with Crippen molar-refractivity contribution in [2.24, 2.45) is 0 Å². The Labute approximate surface area is 122 Å². The van der Waals surface area contributed by atoms with Crippen molar-refractivity contribution in [3.05, 3.63) is 47.5 Å². The van der Waals surface area contributed by atoms with Crippen molar-refractivity contribution < 1.29 is 15.0 Å². The second-order valence-electron chi connectivity index (χ2n) is 5.74. The zero-order chi connectivity index (χ0) is 14.6. The van der Waals surface area contributed by atoms with Gasteiger partial charge < -0.3 is 15.1 Å². The van der Waals surface area contributed by atoms with Crippen LogP contribution < -0.4 is 0 Å². The summed E-state index contributed by atoms with van der Waals surface area (Å²) in [4.78, 5) is 14.6. The van der Waals surface area contributed by atoms with Gasteiger partial charge >= 0.3 is 0 Å². The number of phenols is 2. The zero-order valence-electron chi connectivity index (χ0n) is 11.4. The Balaban J connectivity index is 1.97. The molecule has 0 spiro atoms. The summed E-state index contributed by atoms with van der Waals surface area (Å²) in [5.74, 6) is 0.262. The first kappa shape index (κ1) is 12.3. The van der Waals surface area contributed by atoms with Gasteiger partial charge in [-0.2, -0.15) is 0 Å². The molecule has 0 atom stereocenters. The lowest BCUT2D eigenvalue weighted by molar-refractivity contribution is 0.0733. The Bertz CT molecular complexity index is 750. The van der Waals surface area contributed by atoms with Gasteiger partial charge in [0.25, 0.3) is 5.91 Å². The molecule has 1 aliphatic carbocycles. The van der Waals surface area contributed by atoms with Crippen LogP contribution in [0, 0.1) is 0 Å². The van der Waals surface area contributed by atoms with Gasteiger partial charge in [0, 0.05) is 12.6 Å². The standard InChI is InChI=1S/C17H15NO3/c19-12-3-5-14-10(7-12)9-18(11-1-2-11)17(21)16-8-13(20)4-6-15(14)16/h3-8,11,19-20H,1-2,9H2. The molecular weight excluding hydrogens is 266 g/mol. The minimum atomic E-state index is -0.0425. The van der Waals surface area contributed by atoms with E-state index in [0.29, 0.717) is 12.1 Å². The van der Waals surface area contributed by atoms with E-state index in [-0.39, 0.29) is 23.4 Å². The van der Waals surface area contributed by atoms with E-state index in [1.165, 1.54) is 6.07 Å². The molecule has 0 saturated heterocycles. The van der Waals surface area contributed by atoms with Crippen LogP contribution >= 0.6 is 0 Å². The molecule has 0 unspecified atom stereocenters. The molecule has 0 aromatic heterocycles. The van der Waals surface area contributed by atoms with Crippen LogP contribution in [0.3, 0.4) is 0 Å². The van der Waals surface area contributed by atoms with Gasteiger partial charge in [0.15, 0.2) is 0 Å². The lowest BCUT2D eigenvalue weighted by Crippen LogP contribution is -2.31. The van der Waals surface area contributed by atoms with Crippen LogP contribution in [0.2, 0.25) is 0 Å². The Morgan fingerprint density at radius 2 is 1.57 bits per heavy atom. The lowest BCUT2D eigenvalue weighted by Gasteiger charge is -2.21. The van der Waals surface area contributed by atoms with Crippen LogP contribution in [0.5, 0.6) is 11.5 Å². The highest BCUT2D eigenvalue weighted by Crippen LogP contribution is 2.39. The molecule has 2 aliphatic rings. The molecule has 2 aromatic rings. The average molecular weight is 281 g/mol. The predicted molar refractivity (Wildman–Crippen MR) is 78.1 cm³/mol. The molecule has 1 fully saturated rings. The molecule has 1 amide bonds.